The van der Waals surface area contributed by atoms with Gasteiger partial charge in [0.2, 0.25) is 0 Å². The summed E-state index contributed by atoms with van der Waals surface area (Å²) in [7, 11) is 0. The van der Waals surface area contributed by atoms with Crippen LogP contribution in [-0.4, -0.2) is 17.6 Å². The van der Waals surface area contributed by atoms with Gasteiger partial charge in [0.25, 0.3) is 5.56 Å². The van der Waals surface area contributed by atoms with Crippen molar-refractivity contribution in [3.63, 3.8) is 0 Å². The molecule has 1 heterocycles. The smallest absolute Gasteiger partial charge is 0.344 e. The van der Waals surface area contributed by atoms with Crippen molar-refractivity contribution in [1.82, 2.24) is 4.98 Å². The highest BCUT2D eigenvalue weighted by molar-refractivity contribution is 5.91. The van der Waals surface area contributed by atoms with Crippen LogP contribution in [0.3, 0.4) is 0 Å². The lowest BCUT2D eigenvalue weighted by Crippen LogP contribution is -2.23. The van der Waals surface area contributed by atoms with Crippen LogP contribution in [0.4, 0.5) is 0 Å². The van der Waals surface area contributed by atoms with Gasteiger partial charge in [-0.25, -0.2) is 4.79 Å². The van der Waals surface area contributed by atoms with Crippen LogP contribution in [0.2, 0.25) is 0 Å². The summed E-state index contributed by atoms with van der Waals surface area (Å²) >= 11 is 0. The summed E-state index contributed by atoms with van der Waals surface area (Å²) in [6, 6.07) is 11.4. The molecule has 0 spiro atoms. The molecule has 0 atom stereocenters. The fourth-order valence-corrected chi connectivity index (χ4v) is 2.28. The van der Waals surface area contributed by atoms with E-state index in [1.54, 1.807) is 6.92 Å². The second-order valence-electron chi connectivity index (χ2n) is 4.75. The van der Waals surface area contributed by atoms with E-state index in [1.165, 1.54) is 0 Å². The Hall–Kier alpha value is -2.36. The average Bonchev–Trinajstić information content (AvgIpc) is 2.48. The second kappa shape index (κ2) is 6.88. The van der Waals surface area contributed by atoms with E-state index in [9.17, 15) is 9.59 Å². The minimum absolute atomic E-state index is 0.124. The molecule has 0 fully saturated rings. The molecule has 4 heteroatoms. The predicted molar refractivity (Wildman–Crippen MR) is 82.5 cm³/mol. The Bertz CT molecular complexity index is 674. The summed E-state index contributed by atoms with van der Waals surface area (Å²) in [4.78, 5) is 27.0. The van der Waals surface area contributed by atoms with Gasteiger partial charge in [-0.2, -0.15) is 0 Å². The Morgan fingerprint density at radius 1 is 1.19 bits per heavy atom. The van der Waals surface area contributed by atoms with Crippen LogP contribution in [0, 0.1) is 0 Å². The highest BCUT2D eigenvalue weighted by atomic mass is 16.5. The quantitative estimate of drug-likeness (QED) is 0.858. The number of hydrogen-bond acceptors (Lipinski definition) is 3. The molecule has 0 saturated heterocycles. The van der Waals surface area contributed by atoms with E-state index in [-0.39, 0.29) is 12.2 Å². The number of esters is 1. The van der Waals surface area contributed by atoms with E-state index in [1.807, 2.05) is 43.3 Å². The first-order chi connectivity index (χ1) is 10.2. The predicted octanol–water partition coefficient (Wildman–Crippen LogP) is 3.17. The number of ether oxygens (including phenoxy) is 1. The van der Waals surface area contributed by atoms with Crippen LogP contribution in [-0.2, 0) is 11.2 Å². The molecule has 4 nitrogen and oxygen atoms in total. The summed E-state index contributed by atoms with van der Waals surface area (Å²) in [5.74, 6) is -0.554. The number of carbonyl (C=O) groups is 1. The number of pyridine rings is 1. The molecule has 0 aliphatic heterocycles. The number of nitrogens with one attached hydrogen (secondary N) is 1. The summed E-state index contributed by atoms with van der Waals surface area (Å²) in [5, 5.41) is 0. The van der Waals surface area contributed by atoms with Gasteiger partial charge in [-0.3, -0.25) is 4.79 Å². The van der Waals surface area contributed by atoms with Crippen molar-refractivity contribution in [2.75, 3.05) is 6.61 Å². The van der Waals surface area contributed by atoms with Crippen LogP contribution in [0.1, 0.15) is 36.2 Å². The minimum atomic E-state index is -0.554. The normalized spacial score (nSPS) is 10.4. The molecule has 2 rings (SSSR count). The maximum atomic E-state index is 12.3. The number of carbonyl (C=O) groups excluding carboxylic acids is 1. The number of rotatable bonds is 5. The van der Waals surface area contributed by atoms with Crippen molar-refractivity contribution in [1.29, 1.82) is 0 Å². The number of H-pyrrole nitrogens is 1. The molecule has 110 valence electrons. The van der Waals surface area contributed by atoms with Crippen molar-refractivity contribution in [2.45, 2.75) is 26.7 Å². The van der Waals surface area contributed by atoms with Gasteiger partial charge in [0, 0.05) is 5.69 Å². The molecule has 1 aromatic heterocycles. The highest BCUT2D eigenvalue weighted by Gasteiger charge is 2.18. The Labute approximate surface area is 123 Å². The van der Waals surface area contributed by atoms with E-state index >= 15 is 0 Å². The van der Waals surface area contributed by atoms with Gasteiger partial charge in [-0.05, 0) is 30.5 Å². The summed E-state index contributed by atoms with van der Waals surface area (Å²) in [6.07, 6.45) is 1.52. The van der Waals surface area contributed by atoms with Crippen LogP contribution < -0.4 is 5.56 Å². The van der Waals surface area contributed by atoms with Gasteiger partial charge in [0.1, 0.15) is 5.56 Å². The number of aryl methyl sites for hydroxylation is 1. The fraction of sp³-hybridized carbons (Fsp3) is 0.294. The minimum Gasteiger partial charge on any atom is -0.462 e. The van der Waals surface area contributed by atoms with Crippen LogP contribution >= 0.6 is 0 Å². The average molecular weight is 285 g/mol. The Balaban J connectivity index is 2.54. The SMILES string of the molecule is CCCc1cc(-c2ccccc2)[nH]c(=O)c1C(=O)OCC. The molecule has 0 aliphatic carbocycles. The van der Waals surface area contributed by atoms with Gasteiger partial charge < -0.3 is 9.72 Å². The molecule has 0 unspecified atom stereocenters. The van der Waals surface area contributed by atoms with Gasteiger partial charge in [0.15, 0.2) is 0 Å². The van der Waals surface area contributed by atoms with Crippen molar-refractivity contribution in [3.8, 4) is 11.3 Å². The molecule has 0 bridgehead atoms. The van der Waals surface area contributed by atoms with E-state index in [0.29, 0.717) is 6.42 Å². The van der Waals surface area contributed by atoms with Crippen molar-refractivity contribution in [2.24, 2.45) is 0 Å². The van der Waals surface area contributed by atoms with Gasteiger partial charge >= 0.3 is 5.97 Å². The number of aromatic amines is 1. The monoisotopic (exact) mass is 285 g/mol. The summed E-state index contributed by atoms with van der Waals surface area (Å²) in [5.41, 5.74) is 2.11. The third-order valence-electron chi connectivity index (χ3n) is 3.20. The lowest BCUT2D eigenvalue weighted by molar-refractivity contribution is 0.0523. The Morgan fingerprint density at radius 2 is 1.90 bits per heavy atom. The summed E-state index contributed by atoms with van der Waals surface area (Å²) < 4.78 is 4.98. The van der Waals surface area contributed by atoms with Crippen LogP contribution in [0.15, 0.2) is 41.2 Å². The fourth-order valence-electron chi connectivity index (χ4n) is 2.28. The maximum Gasteiger partial charge on any atom is 0.344 e. The Morgan fingerprint density at radius 3 is 2.52 bits per heavy atom. The van der Waals surface area contributed by atoms with Crippen LogP contribution in [0.25, 0.3) is 11.3 Å². The third kappa shape index (κ3) is 3.40. The second-order valence-corrected chi connectivity index (χ2v) is 4.75. The molecule has 0 radical (unpaired) electrons. The van der Waals surface area contributed by atoms with E-state index in [0.717, 1.165) is 23.2 Å². The van der Waals surface area contributed by atoms with Crippen LogP contribution in [0.5, 0.6) is 0 Å². The lowest BCUT2D eigenvalue weighted by Gasteiger charge is -2.10. The van der Waals surface area contributed by atoms with E-state index in [4.69, 9.17) is 4.74 Å². The molecule has 1 aromatic carbocycles. The number of benzene rings is 1. The van der Waals surface area contributed by atoms with Crippen molar-refractivity contribution in [3.05, 3.63) is 57.9 Å². The standard InChI is InChI=1S/C17H19NO3/c1-3-8-13-11-14(12-9-6-5-7-10-12)18-16(19)15(13)17(20)21-4-2/h5-7,9-11H,3-4,8H2,1-2H3,(H,18,19). The lowest BCUT2D eigenvalue weighted by atomic mass is 10.0. The highest BCUT2D eigenvalue weighted by Crippen LogP contribution is 2.19. The number of aromatic nitrogens is 1. The first-order valence-corrected chi connectivity index (χ1v) is 7.16. The molecule has 21 heavy (non-hydrogen) atoms. The van der Waals surface area contributed by atoms with E-state index < -0.39 is 11.5 Å². The molecule has 2 aromatic rings. The maximum absolute atomic E-state index is 12.3. The largest absolute Gasteiger partial charge is 0.462 e. The first kappa shape index (κ1) is 15.0. The van der Waals surface area contributed by atoms with Gasteiger partial charge in [-0.1, -0.05) is 43.7 Å². The zero-order chi connectivity index (χ0) is 15.2. The third-order valence-corrected chi connectivity index (χ3v) is 3.20. The van der Waals surface area contributed by atoms with Gasteiger partial charge in [0.05, 0.1) is 6.61 Å². The molecule has 0 aliphatic rings. The zero-order valence-corrected chi connectivity index (χ0v) is 12.3. The molecular formula is C17H19NO3. The first-order valence-electron chi connectivity index (χ1n) is 7.16. The van der Waals surface area contributed by atoms with Gasteiger partial charge in [-0.15, -0.1) is 0 Å². The van der Waals surface area contributed by atoms with Crippen molar-refractivity contribution >= 4 is 5.97 Å². The molecule has 0 saturated carbocycles. The number of hydrogen-bond donors (Lipinski definition) is 1. The van der Waals surface area contributed by atoms with Crippen molar-refractivity contribution < 1.29 is 9.53 Å². The Kier molecular flexibility index (Phi) is 4.93. The van der Waals surface area contributed by atoms with E-state index in [2.05, 4.69) is 4.98 Å². The molecule has 1 N–H and O–H groups in total. The zero-order valence-electron chi connectivity index (χ0n) is 12.3. The topological polar surface area (TPSA) is 59.2 Å². The summed E-state index contributed by atoms with van der Waals surface area (Å²) in [6.45, 7) is 3.99. The molecular weight excluding hydrogens is 266 g/mol. The molecule has 0 amide bonds.